The number of methoxy groups -OCH3 is 1. The Kier molecular flexibility index (Phi) is 5.95. The number of carboxylic acid groups (broad SMARTS) is 1. The molecule has 25 heavy (non-hydrogen) atoms. The van der Waals surface area contributed by atoms with Crippen molar-refractivity contribution in [2.45, 2.75) is 20.5 Å². The summed E-state index contributed by atoms with van der Waals surface area (Å²) in [6, 6.07) is 10.7. The van der Waals surface area contributed by atoms with E-state index >= 15 is 0 Å². The molecule has 0 unspecified atom stereocenters. The maximum Gasteiger partial charge on any atom is 0.339 e. The molecule has 0 amide bonds. The molecule has 0 saturated carbocycles. The third-order valence-electron chi connectivity index (χ3n) is 3.85. The molecule has 5 heteroatoms. The number of aliphatic carboxylic acids is 1. The summed E-state index contributed by atoms with van der Waals surface area (Å²) >= 11 is 0. The van der Waals surface area contributed by atoms with Gasteiger partial charge in [-0.3, -0.25) is 4.79 Å². The lowest BCUT2D eigenvalue weighted by molar-refractivity contribution is -0.130. The van der Waals surface area contributed by atoms with Crippen molar-refractivity contribution >= 4 is 17.8 Å². The van der Waals surface area contributed by atoms with Gasteiger partial charge in [0.2, 0.25) is 0 Å². The summed E-state index contributed by atoms with van der Waals surface area (Å²) in [6.45, 7) is 3.90. The van der Waals surface area contributed by atoms with Crippen molar-refractivity contribution in [1.82, 2.24) is 0 Å². The summed E-state index contributed by atoms with van der Waals surface area (Å²) in [6.07, 6.45) is 2.02. The van der Waals surface area contributed by atoms with Crippen molar-refractivity contribution in [3.05, 3.63) is 70.5 Å². The van der Waals surface area contributed by atoms with E-state index in [1.165, 1.54) is 13.4 Å². The second-order valence-corrected chi connectivity index (χ2v) is 5.61. The predicted octanol–water partition coefficient (Wildman–Crippen LogP) is 3.77. The molecule has 2 aromatic carbocycles. The number of hydrogen-bond donors (Lipinski definition) is 1. The quantitative estimate of drug-likeness (QED) is 0.472. The molecule has 0 atom stereocenters. The van der Waals surface area contributed by atoms with Crippen LogP contribution >= 0.6 is 0 Å². The summed E-state index contributed by atoms with van der Waals surface area (Å²) in [5.41, 5.74) is 3.62. The van der Waals surface area contributed by atoms with Gasteiger partial charge < -0.3 is 14.6 Å². The fraction of sp³-hybridized carbons (Fsp3) is 0.200. The summed E-state index contributed by atoms with van der Waals surface area (Å²) in [7, 11) is 1.41. The number of rotatable bonds is 7. The van der Waals surface area contributed by atoms with Crippen LogP contribution in [0.2, 0.25) is 0 Å². The summed E-state index contributed by atoms with van der Waals surface area (Å²) in [5, 5.41) is 9.38. The zero-order chi connectivity index (χ0) is 18.4. The van der Waals surface area contributed by atoms with Gasteiger partial charge in [0.15, 0.2) is 0 Å². The van der Waals surface area contributed by atoms with E-state index in [4.69, 9.17) is 9.47 Å². The van der Waals surface area contributed by atoms with Crippen molar-refractivity contribution in [2.75, 3.05) is 7.11 Å². The van der Waals surface area contributed by atoms with E-state index in [-0.39, 0.29) is 12.2 Å². The number of benzene rings is 2. The van der Waals surface area contributed by atoms with Gasteiger partial charge in [-0.05, 0) is 48.2 Å². The van der Waals surface area contributed by atoms with Crippen LogP contribution in [0.25, 0.3) is 5.57 Å². The van der Waals surface area contributed by atoms with Gasteiger partial charge in [0.25, 0.3) is 0 Å². The molecule has 0 fully saturated rings. The van der Waals surface area contributed by atoms with Gasteiger partial charge >= 0.3 is 5.97 Å². The lowest BCUT2D eigenvalue weighted by Crippen LogP contribution is -2.06. The van der Waals surface area contributed by atoms with E-state index in [0.717, 1.165) is 23.0 Å². The smallest absolute Gasteiger partial charge is 0.339 e. The van der Waals surface area contributed by atoms with Gasteiger partial charge in [0.1, 0.15) is 24.2 Å². The Morgan fingerprint density at radius 1 is 1.16 bits per heavy atom. The molecule has 0 aliphatic rings. The average molecular weight is 340 g/mol. The van der Waals surface area contributed by atoms with Crippen LogP contribution in [0.1, 0.15) is 32.6 Å². The van der Waals surface area contributed by atoms with Gasteiger partial charge in [-0.25, -0.2) is 4.79 Å². The summed E-state index contributed by atoms with van der Waals surface area (Å²) in [5.74, 6) is -0.415. The molecule has 5 nitrogen and oxygen atoms in total. The van der Waals surface area contributed by atoms with E-state index in [1.54, 1.807) is 18.2 Å². The number of aldehydes is 1. The highest BCUT2D eigenvalue weighted by Crippen LogP contribution is 2.25. The number of aryl methyl sites for hydroxylation is 2. The van der Waals surface area contributed by atoms with Gasteiger partial charge in [-0.2, -0.15) is 0 Å². The normalized spacial score (nSPS) is 11.1. The Morgan fingerprint density at radius 3 is 2.52 bits per heavy atom. The summed E-state index contributed by atoms with van der Waals surface area (Å²) in [4.78, 5) is 22.5. The third-order valence-corrected chi connectivity index (χ3v) is 3.85. The third kappa shape index (κ3) is 4.26. The highest BCUT2D eigenvalue weighted by molar-refractivity contribution is 6.15. The Labute approximate surface area is 146 Å². The first-order valence-corrected chi connectivity index (χ1v) is 7.71. The number of carbonyl (C=O) groups is 2. The van der Waals surface area contributed by atoms with Crippen molar-refractivity contribution in [1.29, 1.82) is 0 Å². The first-order valence-electron chi connectivity index (χ1n) is 7.71. The molecular weight excluding hydrogens is 320 g/mol. The Hall–Kier alpha value is -3.08. The topological polar surface area (TPSA) is 72.8 Å². The first kappa shape index (κ1) is 18.3. The van der Waals surface area contributed by atoms with Crippen molar-refractivity contribution in [2.24, 2.45) is 0 Å². The minimum atomic E-state index is -1.07. The second kappa shape index (κ2) is 8.15. The molecule has 0 aliphatic heterocycles. The molecule has 0 aromatic heterocycles. The lowest BCUT2D eigenvalue weighted by atomic mass is 10.0. The van der Waals surface area contributed by atoms with Crippen LogP contribution in [0.5, 0.6) is 5.75 Å². The maximum atomic E-state index is 11.5. The molecule has 0 bridgehead atoms. The average Bonchev–Trinajstić information content (AvgIpc) is 2.60. The van der Waals surface area contributed by atoms with E-state index in [1.807, 2.05) is 32.0 Å². The predicted molar refractivity (Wildman–Crippen MR) is 94.7 cm³/mol. The SMILES string of the molecule is COC=C(C(=O)O)c1ccccc1COc1cc(C)c(C=O)cc1C. The Bertz CT molecular complexity index is 821. The number of carboxylic acids is 1. The zero-order valence-corrected chi connectivity index (χ0v) is 14.4. The molecule has 1 N–H and O–H groups in total. The van der Waals surface area contributed by atoms with Crippen molar-refractivity contribution in [3.8, 4) is 5.75 Å². The van der Waals surface area contributed by atoms with E-state index in [9.17, 15) is 14.7 Å². The number of hydrogen-bond acceptors (Lipinski definition) is 4. The van der Waals surface area contributed by atoms with Crippen LogP contribution in [0.3, 0.4) is 0 Å². The van der Waals surface area contributed by atoms with Gasteiger partial charge in [-0.1, -0.05) is 24.3 Å². The molecule has 0 spiro atoms. The Balaban J connectivity index is 2.31. The number of carbonyl (C=O) groups excluding carboxylic acids is 1. The molecule has 2 rings (SSSR count). The van der Waals surface area contributed by atoms with Crippen molar-refractivity contribution in [3.63, 3.8) is 0 Å². The van der Waals surface area contributed by atoms with Gasteiger partial charge in [0.05, 0.1) is 13.4 Å². The van der Waals surface area contributed by atoms with Crippen LogP contribution in [0.15, 0.2) is 42.7 Å². The van der Waals surface area contributed by atoms with E-state index in [0.29, 0.717) is 16.9 Å². The zero-order valence-electron chi connectivity index (χ0n) is 14.4. The van der Waals surface area contributed by atoms with Crippen molar-refractivity contribution < 1.29 is 24.2 Å². The molecular formula is C20H20O5. The molecule has 0 heterocycles. The minimum absolute atomic E-state index is 0.0610. The monoisotopic (exact) mass is 340 g/mol. The molecule has 0 saturated heterocycles. The van der Waals surface area contributed by atoms with Crippen LogP contribution in [0.4, 0.5) is 0 Å². The van der Waals surface area contributed by atoms with E-state index < -0.39 is 5.97 Å². The Morgan fingerprint density at radius 2 is 1.88 bits per heavy atom. The highest BCUT2D eigenvalue weighted by Gasteiger charge is 2.15. The fourth-order valence-corrected chi connectivity index (χ4v) is 2.51. The van der Waals surface area contributed by atoms with Gasteiger partial charge in [-0.15, -0.1) is 0 Å². The maximum absolute atomic E-state index is 11.5. The minimum Gasteiger partial charge on any atom is -0.503 e. The fourth-order valence-electron chi connectivity index (χ4n) is 2.51. The largest absolute Gasteiger partial charge is 0.503 e. The van der Waals surface area contributed by atoms with Gasteiger partial charge in [0, 0.05) is 5.56 Å². The molecule has 130 valence electrons. The van der Waals surface area contributed by atoms with Crippen LogP contribution in [-0.4, -0.2) is 24.5 Å². The van der Waals surface area contributed by atoms with Crippen LogP contribution < -0.4 is 4.74 Å². The second-order valence-electron chi connectivity index (χ2n) is 5.61. The molecule has 0 radical (unpaired) electrons. The van der Waals surface area contributed by atoms with E-state index in [2.05, 4.69) is 0 Å². The standard InChI is InChI=1S/C20H20O5/c1-13-9-19(14(2)8-16(13)10-21)25-11-15-6-4-5-7-17(15)18(12-24-3)20(22)23/h4-10,12H,11H2,1-3H3,(H,22,23). The number of ether oxygens (including phenoxy) is 2. The highest BCUT2D eigenvalue weighted by atomic mass is 16.5. The first-order chi connectivity index (χ1) is 12.0. The molecule has 2 aromatic rings. The molecule has 0 aliphatic carbocycles. The summed E-state index contributed by atoms with van der Waals surface area (Å²) < 4.78 is 10.8. The van der Waals surface area contributed by atoms with Crippen LogP contribution in [0, 0.1) is 13.8 Å². The van der Waals surface area contributed by atoms with Crippen LogP contribution in [-0.2, 0) is 16.1 Å². The lowest BCUT2D eigenvalue weighted by Gasteiger charge is -2.14.